The minimum absolute atomic E-state index is 0.0614. The van der Waals surface area contributed by atoms with Crippen molar-refractivity contribution in [2.75, 3.05) is 19.8 Å². The molecule has 0 spiro atoms. The molecule has 0 aromatic heterocycles. The third-order valence-corrected chi connectivity index (χ3v) is 11.9. The summed E-state index contributed by atoms with van der Waals surface area (Å²) in [5.74, 6) is -0.450. The van der Waals surface area contributed by atoms with E-state index in [2.05, 4.69) is 106 Å². The van der Waals surface area contributed by atoms with Crippen LogP contribution in [0.4, 0.5) is 0 Å². The molecule has 0 amide bonds. The summed E-state index contributed by atoms with van der Waals surface area (Å²) in [6, 6.07) is 0. The highest BCUT2D eigenvalue weighted by Crippen LogP contribution is 2.14. The van der Waals surface area contributed by atoms with Crippen molar-refractivity contribution < 1.29 is 23.8 Å². The van der Waals surface area contributed by atoms with Crippen molar-refractivity contribution >= 4 is 11.9 Å². The highest BCUT2D eigenvalue weighted by Gasteiger charge is 2.17. The Morgan fingerprint density at radius 3 is 1.17 bits per heavy atom. The van der Waals surface area contributed by atoms with Crippen molar-refractivity contribution in [1.82, 2.24) is 0 Å². The van der Waals surface area contributed by atoms with Crippen LogP contribution in [0.15, 0.2) is 85.1 Å². The number of hydrogen-bond acceptors (Lipinski definition) is 5. The van der Waals surface area contributed by atoms with Gasteiger partial charge in [0.2, 0.25) is 0 Å². The van der Waals surface area contributed by atoms with Crippen molar-refractivity contribution in [2.45, 2.75) is 271 Å². The molecule has 0 bridgehead atoms. The van der Waals surface area contributed by atoms with Crippen molar-refractivity contribution in [3.8, 4) is 0 Å². The molecule has 0 rings (SSSR count). The first kappa shape index (κ1) is 63.1. The summed E-state index contributed by atoms with van der Waals surface area (Å²) in [5, 5.41) is 0. The minimum Gasteiger partial charge on any atom is -0.462 e. The van der Waals surface area contributed by atoms with Crippen LogP contribution in [0.25, 0.3) is 0 Å². The first-order valence-corrected chi connectivity index (χ1v) is 28.1. The lowest BCUT2D eigenvalue weighted by Crippen LogP contribution is -2.30. The monoisotopic (exact) mass is 919 g/mol. The van der Waals surface area contributed by atoms with E-state index in [-0.39, 0.29) is 25.2 Å². The van der Waals surface area contributed by atoms with Crippen LogP contribution in [0.1, 0.15) is 265 Å². The molecule has 1 atom stereocenters. The Labute approximate surface area is 409 Å². The van der Waals surface area contributed by atoms with E-state index in [0.717, 1.165) is 83.5 Å². The number of unbranched alkanes of at least 4 members (excludes halogenated alkanes) is 26. The first-order chi connectivity index (χ1) is 32.6. The van der Waals surface area contributed by atoms with Crippen molar-refractivity contribution in [3.63, 3.8) is 0 Å². The molecule has 0 aliphatic carbocycles. The molecule has 0 aliphatic heterocycles. The molecule has 0 heterocycles. The number of rotatable bonds is 51. The standard InChI is InChI=1S/C61H106O5/c1-4-7-10-13-16-19-22-25-28-30-32-35-38-41-44-47-50-53-56-64-57-59(66-61(63)55-52-49-46-43-40-37-33-27-24-21-18-15-12-9-6-3)58-65-60(62)54-51-48-45-42-39-36-34-31-29-26-23-20-17-14-11-8-5-2/h9,12,16,18-19,21,25-29,33,40,43,59H,4-8,10-11,13-15,17,20,22-24,30-32,34-39,41-42,44-58H2,1-3H3/b12-9-,19-16-,21-18-,28-25-,29-26-,33-27-,43-40-. The van der Waals surface area contributed by atoms with Gasteiger partial charge in [-0.25, -0.2) is 0 Å². The van der Waals surface area contributed by atoms with Gasteiger partial charge < -0.3 is 14.2 Å². The third kappa shape index (κ3) is 53.7. The molecule has 0 aliphatic rings. The van der Waals surface area contributed by atoms with Crippen LogP contribution in [0.5, 0.6) is 0 Å². The molecule has 0 radical (unpaired) electrons. The number of hydrogen-bond donors (Lipinski definition) is 0. The molecule has 5 heteroatoms. The zero-order valence-corrected chi connectivity index (χ0v) is 43.7. The summed E-state index contributed by atoms with van der Waals surface area (Å²) in [5.41, 5.74) is 0. The highest BCUT2D eigenvalue weighted by molar-refractivity contribution is 5.70. The second kappa shape index (κ2) is 56.4. The fourth-order valence-electron chi connectivity index (χ4n) is 7.70. The van der Waals surface area contributed by atoms with E-state index in [9.17, 15) is 9.59 Å². The summed E-state index contributed by atoms with van der Waals surface area (Å²) in [6.45, 7) is 7.64. The molecule has 0 N–H and O–H groups in total. The predicted molar refractivity (Wildman–Crippen MR) is 288 cm³/mol. The van der Waals surface area contributed by atoms with Gasteiger partial charge in [-0.3, -0.25) is 9.59 Å². The zero-order valence-electron chi connectivity index (χ0n) is 43.7. The Morgan fingerprint density at radius 1 is 0.348 bits per heavy atom. The lowest BCUT2D eigenvalue weighted by Gasteiger charge is -2.18. The van der Waals surface area contributed by atoms with Gasteiger partial charge in [0.05, 0.1) is 6.61 Å². The van der Waals surface area contributed by atoms with Gasteiger partial charge in [0.15, 0.2) is 6.10 Å². The Hall–Kier alpha value is -2.92. The minimum atomic E-state index is -0.567. The molecule has 5 nitrogen and oxygen atoms in total. The van der Waals surface area contributed by atoms with E-state index in [1.807, 2.05) is 0 Å². The number of allylic oxidation sites excluding steroid dienone is 14. The molecule has 0 aromatic rings. The van der Waals surface area contributed by atoms with Gasteiger partial charge in [-0.15, -0.1) is 0 Å². The van der Waals surface area contributed by atoms with Gasteiger partial charge in [-0.2, -0.15) is 0 Å². The van der Waals surface area contributed by atoms with Crippen molar-refractivity contribution in [3.05, 3.63) is 85.1 Å². The maximum Gasteiger partial charge on any atom is 0.306 e. The summed E-state index contributed by atoms with van der Waals surface area (Å²) in [7, 11) is 0. The van der Waals surface area contributed by atoms with E-state index in [4.69, 9.17) is 14.2 Å². The topological polar surface area (TPSA) is 61.8 Å². The molecule has 380 valence electrons. The van der Waals surface area contributed by atoms with Crippen LogP contribution in [-0.4, -0.2) is 37.9 Å². The second-order valence-electron chi connectivity index (χ2n) is 18.4. The molecule has 0 saturated heterocycles. The van der Waals surface area contributed by atoms with Gasteiger partial charge >= 0.3 is 11.9 Å². The predicted octanol–water partition coefficient (Wildman–Crippen LogP) is 19.2. The second-order valence-corrected chi connectivity index (χ2v) is 18.4. The van der Waals surface area contributed by atoms with Crippen LogP contribution in [0, 0.1) is 0 Å². The summed E-state index contributed by atoms with van der Waals surface area (Å²) >= 11 is 0. The molecule has 1 unspecified atom stereocenters. The van der Waals surface area contributed by atoms with E-state index in [1.54, 1.807) is 0 Å². The quantitative estimate of drug-likeness (QED) is 0.0346. The average molecular weight is 920 g/mol. The first-order valence-electron chi connectivity index (χ1n) is 28.1. The van der Waals surface area contributed by atoms with Crippen LogP contribution >= 0.6 is 0 Å². The molecule has 0 aromatic carbocycles. The van der Waals surface area contributed by atoms with Gasteiger partial charge in [0, 0.05) is 19.4 Å². The van der Waals surface area contributed by atoms with Gasteiger partial charge in [0.25, 0.3) is 0 Å². The number of esters is 2. The lowest BCUT2D eigenvalue weighted by molar-refractivity contribution is -0.163. The lowest BCUT2D eigenvalue weighted by atomic mass is 10.1. The third-order valence-electron chi connectivity index (χ3n) is 11.9. The number of carbonyl (C=O) groups excluding carboxylic acids is 2. The fraction of sp³-hybridized carbons (Fsp3) is 0.738. The molecule has 66 heavy (non-hydrogen) atoms. The Balaban J connectivity index is 4.34. The van der Waals surface area contributed by atoms with Crippen molar-refractivity contribution in [1.29, 1.82) is 0 Å². The molecular weight excluding hydrogens is 813 g/mol. The summed E-state index contributed by atoms with van der Waals surface area (Å²) < 4.78 is 17.4. The largest absolute Gasteiger partial charge is 0.462 e. The van der Waals surface area contributed by atoms with E-state index in [1.165, 1.54) is 148 Å². The van der Waals surface area contributed by atoms with Gasteiger partial charge in [-0.1, -0.05) is 221 Å². The molecule has 0 saturated carbocycles. The zero-order chi connectivity index (χ0) is 47.7. The summed E-state index contributed by atoms with van der Waals surface area (Å²) in [6.07, 6.45) is 74.6. The maximum absolute atomic E-state index is 12.8. The smallest absolute Gasteiger partial charge is 0.306 e. The van der Waals surface area contributed by atoms with E-state index in [0.29, 0.717) is 19.4 Å². The van der Waals surface area contributed by atoms with E-state index >= 15 is 0 Å². The van der Waals surface area contributed by atoms with Crippen LogP contribution in [0.2, 0.25) is 0 Å². The highest BCUT2D eigenvalue weighted by atomic mass is 16.6. The fourth-order valence-corrected chi connectivity index (χ4v) is 7.70. The Bertz CT molecular complexity index is 1220. The van der Waals surface area contributed by atoms with Gasteiger partial charge in [-0.05, 0) is 116 Å². The number of ether oxygens (including phenoxy) is 3. The SMILES string of the molecule is CC/C=C\C/C=C\C/C=C\C/C=C\CCCCC(=O)OC(COCCCCCCCCCC/C=C\C/C=C\CCCCC)COC(=O)CCCCCCCCC/C=C\CCCCCCCC. The average Bonchev–Trinajstić information content (AvgIpc) is 3.32. The van der Waals surface area contributed by atoms with Crippen molar-refractivity contribution in [2.24, 2.45) is 0 Å². The Kier molecular flexibility index (Phi) is 53.9. The van der Waals surface area contributed by atoms with Crippen LogP contribution in [0.3, 0.4) is 0 Å². The normalized spacial score (nSPS) is 12.8. The van der Waals surface area contributed by atoms with Gasteiger partial charge in [0.1, 0.15) is 6.61 Å². The van der Waals surface area contributed by atoms with E-state index < -0.39 is 6.10 Å². The maximum atomic E-state index is 12.8. The number of carbonyl (C=O) groups is 2. The summed E-state index contributed by atoms with van der Waals surface area (Å²) in [4.78, 5) is 25.5. The van der Waals surface area contributed by atoms with Crippen LogP contribution in [-0.2, 0) is 23.8 Å². The molecular formula is C61H106O5. The Morgan fingerprint density at radius 2 is 0.682 bits per heavy atom. The van der Waals surface area contributed by atoms with Crippen LogP contribution < -0.4 is 0 Å². The molecule has 0 fully saturated rings.